The van der Waals surface area contributed by atoms with Gasteiger partial charge in [0.1, 0.15) is 29.7 Å². The molecule has 0 spiro atoms. The molecule has 0 radical (unpaired) electrons. The lowest BCUT2D eigenvalue weighted by atomic mass is 9.86. The molecule has 1 aromatic rings. The van der Waals surface area contributed by atoms with Gasteiger partial charge in [0.05, 0.1) is 25.7 Å². The Kier molecular flexibility index (Phi) is 23.1. The van der Waals surface area contributed by atoms with Gasteiger partial charge in [-0.15, -0.1) is 0 Å². The summed E-state index contributed by atoms with van der Waals surface area (Å²) >= 11 is 0. The van der Waals surface area contributed by atoms with Gasteiger partial charge in [0.2, 0.25) is 41.4 Å². The Morgan fingerprint density at radius 1 is 0.769 bits per heavy atom. The molecule has 0 bridgehead atoms. The van der Waals surface area contributed by atoms with E-state index in [1.807, 2.05) is 0 Å². The van der Waals surface area contributed by atoms with Crippen LogP contribution in [0.4, 0.5) is 0 Å². The van der Waals surface area contributed by atoms with Crippen LogP contribution in [0.5, 0.6) is 0 Å². The van der Waals surface area contributed by atoms with Crippen LogP contribution in [-0.4, -0.2) is 143 Å². The Labute approximate surface area is 379 Å². The molecular weight excluding hydrogens is 845 g/mol. The van der Waals surface area contributed by atoms with E-state index in [9.17, 15) is 48.6 Å². The molecule has 2 aliphatic rings. The van der Waals surface area contributed by atoms with Crippen LogP contribution in [0, 0.1) is 0 Å². The standard InChI is InChI=1S/C43H70N12O10/c44-21-11-8-16-29(45)36(59)52-30(17-12-22-48-42(46)47)37(60)49-26-35(58)54-43(19-9-3-1-2-4-10-20-43)41(65)50-25-34(57)51-32(27-56)39(62)55-23-13-18-33(55)38(61)53-31(40(63)64)24-28-14-6-5-7-15-28/h5-7,14-15,29-33,56H,1-4,8-13,16-27,44-45H2,(H,49,60)(H,50,65)(H,51,57)(H,52,59)(H,53,61)(H,54,58)(H,63,64)(H4,46,47,48)/t29-,30-,31-,32-,33-/m0/s1. The van der Waals surface area contributed by atoms with Crippen molar-refractivity contribution in [3.05, 3.63) is 35.9 Å². The molecule has 3 rings (SSSR count). The summed E-state index contributed by atoms with van der Waals surface area (Å²) in [5.41, 5.74) is 21.6. The third-order valence-electron chi connectivity index (χ3n) is 11.5. The quantitative estimate of drug-likeness (QED) is 0.0274. The van der Waals surface area contributed by atoms with E-state index in [1.54, 1.807) is 30.3 Å². The second-order valence-corrected chi connectivity index (χ2v) is 16.6. The zero-order valence-corrected chi connectivity index (χ0v) is 37.2. The van der Waals surface area contributed by atoms with Gasteiger partial charge in [-0.05, 0) is 63.5 Å². The van der Waals surface area contributed by atoms with E-state index in [4.69, 9.17) is 22.9 Å². The number of guanidine groups is 1. The molecule has 362 valence electrons. The Morgan fingerprint density at radius 2 is 1.43 bits per heavy atom. The molecule has 1 heterocycles. The first-order valence-electron chi connectivity index (χ1n) is 22.6. The molecular formula is C43H70N12O10. The number of rotatable bonds is 25. The van der Waals surface area contributed by atoms with E-state index in [1.165, 1.54) is 4.90 Å². The number of carbonyl (C=O) groups is 8. The summed E-state index contributed by atoms with van der Waals surface area (Å²) in [5.74, 6) is -6.23. The topological polar surface area (TPSA) is 369 Å². The van der Waals surface area contributed by atoms with Crippen LogP contribution in [0.25, 0.3) is 0 Å². The average Bonchev–Trinajstić information content (AvgIpc) is 3.82. The first kappa shape index (κ1) is 53.5. The molecule has 1 saturated heterocycles. The summed E-state index contributed by atoms with van der Waals surface area (Å²) in [5, 5.41) is 35.5. The molecule has 5 atom stereocenters. The Balaban J connectivity index is 1.64. The fourth-order valence-electron chi connectivity index (χ4n) is 7.97. The van der Waals surface area contributed by atoms with Crippen molar-refractivity contribution in [2.24, 2.45) is 27.9 Å². The largest absolute Gasteiger partial charge is 0.480 e. The number of carboxylic acid groups (broad SMARTS) is 1. The summed E-state index contributed by atoms with van der Waals surface area (Å²) in [4.78, 5) is 111. The lowest BCUT2D eigenvalue weighted by molar-refractivity contribution is -0.145. The molecule has 65 heavy (non-hydrogen) atoms. The number of aliphatic carboxylic acids is 1. The van der Waals surface area contributed by atoms with Crippen molar-refractivity contribution in [2.75, 3.05) is 39.3 Å². The summed E-state index contributed by atoms with van der Waals surface area (Å²) in [6.45, 7) is -1.26. The minimum absolute atomic E-state index is 0.0167. The van der Waals surface area contributed by atoms with Crippen LogP contribution in [0.15, 0.2) is 35.3 Å². The number of carbonyl (C=O) groups excluding carboxylic acids is 7. The van der Waals surface area contributed by atoms with Crippen molar-refractivity contribution < 1.29 is 48.6 Å². The second-order valence-electron chi connectivity index (χ2n) is 16.6. The highest BCUT2D eigenvalue weighted by molar-refractivity contribution is 5.97. The maximum absolute atomic E-state index is 14.0. The van der Waals surface area contributed by atoms with Crippen LogP contribution < -0.4 is 54.8 Å². The zero-order valence-electron chi connectivity index (χ0n) is 37.2. The zero-order chi connectivity index (χ0) is 47.8. The van der Waals surface area contributed by atoms with E-state index >= 15 is 0 Å². The van der Waals surface area contributed by atoms with Gasteiger partial charge in [-0.25, -0.2) is 4.79 Å². The van der Waals surface area contributed by atoms with Crippen LogP contribution >= 0.6 is 0 Å². The highest BCUT2D eigenvalue weighted by Crippen LogP contribution is 2.26. The Bertz CT molecular complexity index is 1770. The van der Waals surface area contributed by atoms with E-state index in [2.05, 4.69) is 36.9 Å². The van der Waals surface area contributed by atoms with Crippen molar-refractivity contribution in [2.45, 2.75) is 138 Å². The van der Waals surface area contributed by atoms with Crippen molar-refractivity contribution >= 4 is 53.3 Å². The van der Waals surface area contributed by atoms with Crippen LogP contribution in [0.3, 0.4) is 0 Å². The monoisotopic (exact) mass is 915 g/mol. The first-order chi connectivity index (χ1) is 31.1. The number of likely N-dealkylation sites (tertiary alicyclic amines) is 1. The van der Waals surface area contributed by atoms with E-state index in [-0.39, 0.29) is 51.2 Å². The molecule has 1 aliphatic carbocycles. The molecule has 1 aromatic carbocycles. The van der Waals surface area contributed by atoms with Gasteiger partial charge in [0.25, 0.3) is 0 Å². The molecule has 1 saturated carbocycles. The SMILES string of the molecule is NCCCC[C@H](N)C(=O)N[C@@H](CCCN=C(N)N)C(=O)NCC(=O)NC1(C(=O)NCC(=O)N[C@@H](CO)C(=O)N2CCC[C@H]2C(=O)N[C@@H](Cc2ccccc2)C(=O)O)CCCCCCCC1. The number of hydrogen-bond acceptors (Lipinski definition) is 12. The summed E-state index contributed by atoms with van der Waals surface area (Å²) in [6.07, 6.45) is 7.81. The molecule has 0 unspecified atom stereocenters. The second kappa shape index (κ2) is 28.1. The number of aliphatic hydroxyl groups is 1. The van der Waals surface area contributed by atoms with Gasteiger partial charge in [-0.1, -0.05) is 75.3 Å². The van der Waals surface area contributed by atoms with E-state index in [0.717, 1.165) is 25.7 Å². The number of amides is 7. The first-order valence-corrected chi connectivity index (χ1v) is 22.6. The normalized spacial score (nSPS) is 17.8. The number of nitrogens with one attached hydrogen (secondary N) is 6. The summed E-state index contributed by atoms with van der Waals surface area (Å²) in [6, 6.07) is 2.97. The van der Waals surface area contributed by atoms with E-state index < -0.39 is 103 Å². The maximum atomic E-state index is 14.0. The highest BCUT2D eigenvalue weighted by atomic mass is 16.4. The van der Waals surface area contributed by atoms with E-state index in [0.29, 0.717) is 57.1 Å². The van der Waals surface area contributed by atoms with Gasteiger partial charge < -0.3 is 69.9 Å². The highest BCUT2D eigenvalue weighted by Gasteiger charge is 2.41. The van der Waals surface area contributed by atoms with Gasteiger partial charge in [-0.3, -0.25) is 38.6 Å². The fraction of sp³-hybridized carbons (Fsp3) is 0.651. The predicted octanol–water partition coefficient (Wildman–Crippen LogP) is -2.52. The van der Waals surface area contributed by atoms with Crippen LogP contribution in [0.2, 0.25) is 0 Å². The molecule has 0 aromatic heterocycles. The van der Waals surface area contributed by atoms with Crippen LogP contribution in [0.1, 0.15) is 102 Å². The van der Waals surface area contributed by atoms with Gasteiger partial charge in [-0.2, -0.15) is 0 Å². The Hall–Kier alpha value is -5.87. The fourth-order valence-corrected chi connectivity index (χ4v) is 7.97. The Morgan fingerprint density at radius 3 is 2.06 bits per heavy atom. The average molecular weight is 915 g/mol. The molecule has 16 N–H and O–H groups in total. The number of unbranched alkanes of at least 4 members (excludes halogenated alkanes) is 1. The van der Waals surface area contributed by atoms with Crippen molar-refractivity contribution in [3.63, 3.8) is 0 Å². The van der Waals surface area contributed by atoms with Crippen LogP contribution in [-0.2, 0) is 44.8 Å². The van der Waals surface area contributed by atoms with Crippen molar-refractivity contribution in [3.8, 4) is 0 Å². The van der Waals surface area contributed by atoms with Crippen molar-refractivity contribution in [1.29, 1.82) is 0 Å². The lowest BCUT2D eigenvalue weighted by Gasteiger charge is -2.34. The van der Waals surface area contributed by atoms with Gasteiger partial charge >= 0.3 is 5.97 Å². The minimum Gasteiger partial charge on any atom is -0.480 e. The summed E-state index contributed by atoms with van der Waals surface area (Å²) < 4.78 is 0. The molecule has 1 aliphatic heterocycles. The number of benzene rings is 1. The third-order valence-corrected chi connectivity index (χ3v) is 11.5. The smallest absolute Gasteiger partial charge is 0.326 e. The third kappa shape index (κ3) is 18.3. The minimum atomic E-state index is -1.48. The predicted molar refractivity (Wildman–Crippen MR) is 240 cm³/mol. The summed E-state index contributed by atoms with van der Waals surface area (Å²) in [7, 11) is 0. The molecule has 22 nitrogen and oxygen atoms in total. The number of aliphatic hydroxyl groups excluding tert-OH is 1. The van der Waals surface area contributed by atoms with Gasteiger partial charge in [0.15, 0.2) is 5.96 Å². The number of nitrogens with zero attached hydrogens (tertiary/aromatic N) is 2. The van der Waals surface area contributed by atoms with Gasteiger partial charge in [0, 0.05) is 19.5 Å². The number of nitrogens with two attached hydrogens (primary N) is 4. The molecule has 2 fully saturated rings. The molecule has 7 amide bonds. The number of carboxylic acids is 1. The lowest BCUT2D eigenvalue weighted by Crippen LogP contribution is -2.62. The number of aliphatic imine (C=N–C) groups is 1. The molecule has 22 heteroatoms. The maximum Gasteiger partial charge on any atom is 0.326 e. The van der Waals surface area contributed by atoms with Crippen molar-refractivity contribution in [1.82, 2.24) is 36.8 Å². The number of hydrogen-bond donors (Lipinski definition) is 12.